The van der Waals surface area contributed by atoms with E-state index < -0.39 is 11.4 Å². The molecule has 5 nitrogen and oxygen atoms in total. The molecule has 0 unspecified atom stereocenters. The molecule has 1 aliphatic rings. The number of carbonyl (C=O) groups is 2. The van der Waals surface area contributed by atoms with Gasteiger partial charge in [0.05, 0.1) is 18.6 Å². The molecule has 2 aromatic carbocycles. The summed E-state index contributed by atoms with van der Waals surface area (Å²) in [6.45, 7) is 4.52. The van der Waals surface area contributed by atoms with E-state index in [1.54, 1.807) is 43.3 Å². The Balaban J connectivity index is 1.88. The lowest BCUT2D eigenvalue weighted by Crippen LogP contribution is -2.38. The zero-order valence-electron chi connectivity index (χ0n) is 18.2. The van der Waals surface area contributed by atoms with Crippen LogP contribution in [-0.4, -0.2) is 25.1 Å². The molecule has 0 aromatic heterocycles. The number of hydrogen-bond donors (Lipinski definition) is 1. The van der Waals surface area contributed by atoms with Crippen LogP contribution >= 0.6 is 0 Å². The first-order valence-electron chi connectivity index (χ1n) is 11.0. The number of anilines is 1. The normalized spacial score (nSPS) is 14.8. The van der Waals surface area contributed by atoms with Crippen molar-refractivity contribution in [2.45, 2.75) is 57.8 Å². The molecular formula is C25H30FNO4. The fourth-order valence-corrected chi connectivity index (χ4v) is 4.13. The summed E-state index contributed by atoms with van der Waals surface area (Å²) in [7, 11) is 0. The van der Waals surface area contributed by atoms with Crippen LogP contribution < -0.4 is 10.1 Å². The summed E-state index contributed by atoms with van der Waals surface area (Å²) >= 11 is 0. The van der Waals surface area contributed by atoms with Gasteiger partial charge in [-0.2, -0.15) is 0 Å². The zero-order chi connectivity index (χ0) is 22.3. The van der Waals surface area contributed by atoms with Gasteiger partial charge < -0.3 is 14.8 Å². The second kappa shape index (κ2) is 10.4. The number of benzene rings is 2. The fourth-order valence-electron chi connectivity index (χ4n) is 4.13. The van der Waals surface area contributed by atoms with Gasteiger partial charge in [0.2, 0.25) is 5.91 Å². The SMILES string of the molecule is CCCCOc1ccc(NC(=O)C2(c3ccccc3F)CCCC2)cc1C(=O)OCC. The minimum Gasteiger partial charge on any atom is -0.493 e. The van der Waals surface area contributed by atoms with E-state index >= 15 is 0 Å². The Bertz CT molecular complexity index is 921. The van der Waals surface area contributed by atoms with Crippen LogP contribution in [0.5, 0.6) is 5.75 Å². The summed E-state index contributed by atoms with van der Waals surface area (Å²) in [5.74, 6) is -0.708. The number of halogens is 1. The maximum atomic E-state index is 14.6. The molecule has 0 aliphatic heterocycles. The van der Waals surface area contributed by atoms with Crippen LogP contribution in [0, 0.1) is 5.82 Å². The first-order valence-corrected chi connectivity index (χ1v) is 11.0. The molecule has 0 bridgehead atoms. The van der Waals surface area contributed by atoms with Gasteiger partial charge in [-0.05, 0) is 50.5 Å². The number of carbonyl (C=O) groups excluding carboxylic acids is 2. The van der Waals surface area contributed by atoms with Crippen molar-refractivity contribution in [3.8, 4) is 5.75 Å². The van der Waals surface area contributed by atoms with E-state index in [2.05, 4.69) is 12.2 Å². The summed E-state index contributed by atoms with van der Waals surface area (Å²) in [4.78, 5) is 25.8. The number of esters is 1. The van der Waals surface area contributed by atoms with E-state index in [1.807, 2.05) is 0 Å². The monoisotopic (exact) mass is 427 g/mol. The number of amides is 1. The van der Waals surface area contributed by atoms with Crippen molar-refractivity contribution in [3.05, 3.63) is 59.4 Å². The molecular weight excluding hydrogens is 397 g/mol. The van der Waals surface area contributed by atoms with Crippen molar-refractivity contribution in [2.24, 2.45) is 0 Å². The molecule has 1 aliphatic carbocycles. The van der Waals surface area contributed by atoms with Crippen molar-refractivity contribution in [3.63, 3.8) is 0 Å². The Kier molecular flexibility index (Phi) is 7.66. The molecule has 6 heteroatoms. The molecule has 31 heavy (non-hydrogen) atoms. The highest BCUT2D eigenvalue weighted by atomic mass is 19.1. The summed E-state index contributed by atoms with van der Waals surface area (Å²) in [5.41, 5.74) is 0.238. The second-order valence-corrected chi connectivity index (χ2v) is 7.86. The molecule has 1 fully saturated rings. The van der Waals surface area contributed by atoms with Crippen molar-refractivity contribution >= 4 is 17.6 Å². The number of unbranched alkanes of at least 4 members (excludes halogenated alkanes) is 1. The Morgan fingerprint density at radius 2 is 1.84 bits per heavy atom. The van der Waals surface area contributed by atoms with E-state index in [4.69, 9.17) is 9.47 Å². The van der Waals surface area contributed by atoms with Crippen LogP contribution in [0.4, 0.5) is 10.1 Å². The predicted molar refractivity (Wildman–Crippen MR) is 118 cm³/mol. The molecule has 2 aromatic rings. The minimum absolute atomic E-state index is 0.236. The lowest BCUT2D eigenvalue weighted by molar-refractivity contribution is -0.121. The summed E-state index contributed by atoms with van der Waals surface area (Å²) in [6.07, 6.45) is 4.73. The maximum absolute atomic E-state index is 14.6. The van der Waals surface area contributed by atoms with Crippen molar-refractivity contribution < 1.29 is 23.5 Å². The molecule has 3 rings (SSSR count). The van der Waals surface area contributed by atoms with E-state index in [9.17, 15) is 14.0 Å². The smallest absolute Gasteiger partial charge is 0.341 e. The largest absolute Gasteiger partial charge is 0.493 e. The molecule has 1 saturated carbocycles. The van der Waals surface area contributed by atoms with Crippen LogP contribution in [0.3, 0.4) is 0 Å². The highest BCUT2D eigenvalue weighted by molar-refractivity contribution is 6.01. The van der Waals surface area contributed by atoms with Gasteiger partial charge in [-0.3, -0.25) is 4.79 Å². The van der Waals surface area contributed by atoms with Crippen LogP contribution in [-0.2, 0) is 14.9 Å². The Morgan fingerprint density at radius 1 is 1.10 bits per heavy atom. The molecule has 0 atom stereocenters. The first kappa shape index (κ1) is 22.8. The standard InChI is InChI=1S/C25H30FNO4/c1-3-5-16-31-22-13-12-18(17-19(22)23(28)30-4-2)27-24(29)25(14-8-9-15-25)20-10-6-7-11-21(20)26/h6-7,10-13,17H,3-5,8-9,14-16H2,1-2H3,(H,27,29). The third-order valence-corrected chi connectivity index (χ3v) is 5.77. The van der Waals surface area contributed by atoms with Crippen LogP contribution in [0.15, 0.2) is 42.5 Å². The van der Waals surface area contributed by atoms with Gasteiger partial charge in [0.25, 0.3) is 0 Å². The molecule has 0 spiro atoms. The van der Waals surface area contributed by atoms with Gasteiger partial charge in [-0.1, -0.05) is 44.4 Å². The summed E-state index contributed by atoms with van der Waals surface area (Å²) in [5, 5.41) is 2.91. The van der Waals surface area contributed by atoms with E-state index in [0.717, 1.165) is 25.7 Å². The van der Waals surface area contributed by atoms with Crippen molar-refractivity contribution in [2.75, 3.05) is 18.5 Å². The topological polar surface area (TPSA) is 64.6 Å². The van der Waals surface area contributed by atoms with Gasteiger partial charge in [0.1, 0.15) is 17.1 Å². The maximum Gasteiger partial charge on any atom is 0.341 e. The van der Waals surface area contributed by atoms with Crippen LogP contribution in [0.2, 0.25) is 0 Å². The van der Waals surface area contributed by atoms with Gasteiger partial charge in [0.15, 0.2) is 0 Å². The van der Waals surface area contributed by atoms with Gasteiger partial charge in [0, 0.05) is 11.3 Å². The fraction of sp³-hybridized carbons (Fsp3) is 0.440. The van der Waals surface area contributed by atoms with Gasteiger partial charge in [-0.15, -0.1) is 0 Å². The highest BCUT2D eigenvalue weighted by Crippen LogP contribution is 2.43. The average molecular weight is 428 g/mol. The Hall–Kier alpha value is -2.89. The predicted octanol–water partition coefficient (Wildman–Crippen LogP) is 5.63. The Morgan fingerprint density at radius 3 is 2.52 bits per heavy atom. The second-order valence-electron chi connectivity index (χ2n) is 7.86. The molecule has 1 N–H and O–H groups in total. The number of hydrogen-bond acceptors (Lipinski definition) is 4. The molecule has 166 valence electrons. The molecule has 0 heterocycles. The quantitative estimate of drug-likeness (QED) is 0.416. The average Bonchev–Trinajstić information content (AvgIpc) is 3.26. The van der Waals surface area contributed by atoms with E-state index in [0.29, 0.717) is 36.4 Å². The number of nitrogens with one attached hydrogen (secondary N) is 1. The van der Waals surface area contributed by atoms with Gasteiger partial charge >= 0.3 is 5.97 Å². The summed E-state index contributed by atoms with van der Waals surface area (Å²) < 4.78 is 25.5. The van der Waals surface area contributed by atoms with Crippen molar-refractivity contribution in [1.29, 1.82) is 0 Å². The number of ether oxygens (including phenoxy) is 2. The molecule has 1 amide bonds. The minimum atomic E-state index is -0.911. The lowest BCUT2D eigenvalue weighted by atomic mass is 9.77. The van der Waals surface area contributed by atoms with Gasteiger partial charge in [-0.25, -0.2) is 9.18 Å². The van der Waals surface area contributed by atoms with E-state index in [1.165, 1.54) is 6.07 Å². The number of rotatable bonds is 9. The van der Waals surface area contributed by atoms with Crippen LogP contribution in [0.1, 0.15) is 68.3 Å². The van der Waals surface area contributed by atoms with Crippen LogP contribution in [0.25, 0.3) is 0 Å². The molecule has 0 radical (unpaired) electrons. The first-order chi connectivity index (χ1) is 15.0. The lowest BCUT2D eigenvalue weighted by Gasteiger charge is -2.29. The van der Waals surface area contributed by atoms with E-state index in [-0.39, 0.29) is 23.9 Å². The zero-order valence-corrected chi connectivity index (χ0v) is 18.2. The molecule has 0 saturated heterocycles. The van der Waals surface area contributed by atoms with Crippen molar-refractivity contribution in [1.82, 2.24) is 0 Å². The summed E-state index contributed by atoms with van der Waals surface area (Å²) in [6, 6.07) is 11.4. The Labute approximate surface area is 182 Å². The highest BCUT2D eigenvalue weighted by Gasteiger charge is 2.44. The third kappa shape index (κ3) is 5.06. The third-order valence-electron chi connectivity index (χ3n) is 5.77.